The van der Waals surface area contributed by atoms with Crippen LogP contribution in [-0.4, -0.2) is 47.0 Å². The number of hydrogen-bond acceptors (Lipinski definition) is 6. The summed E-state index contributed by atoms with van der Waals surface area (Å²) >= 11 is 1.66. The third kappa shape index (κ3) is 2.89. The van der Waals surface area contributed by atoms with Gasteiger partial charge in [-0.3, -0.25) is 4.79 Å². The molecule has 0 atom stereocenters. The van der Waals surface area contributed by atoms with E-state index in [2.05, 4.69) is 28.7 Å². The molecule has 0 unspecified atom stereocenters. The number of carbonyl (C=O) groups excluding carboxylic acids is 1. The van der Waals surface area contributed by atoms with E-state index < -0.39 is 0 Å². The van der Waals surface area contributed by atoms with Crippen molar-refractivity contribution >= 4 is 33.3 Å². The molecule has 25 heavy (non-hydrogen) atoms. The fourth-order valence-electron chi connectivity index (χ4n) is 3.21. The molecule has 7 heteroatoms. The summed E-state index contributed by atoms with van der Waals surface area (Å²) in [7, 11) is 0. The lowest BCUT2D eigenvalue weighted by Gasteiger charge is -2.35. The summed E-state index contributed by atoms with van der Waals surface area (Å²) in [5.41, 5.74) is 1.95. The van der Waals surface area contributed by atoms with Crippen LogP contribution in [0.1, 0.15) is 35.9 Å². The Hall–Kier alpha value is -2.41. The molecule has 1 saturated heterocycles. The first-order valence-electron chi connectivity index (χ1n) is 8.45. The SMILES string of the molecule is CC(C)c1ccoc1C(=O)N1CCN(c2ncnc3ccsc23)CC1. The number of thiophene rings is 1. The Kier molecular flexibility index (Phi) is 4.17. The molecule has 0 aromatic carbocycles. The van der Waals surface area contributed by atoms with Gasteiger partial charge in [-0.25, -0.2) is 9.97 Å². The number of fused-ring (bicyclic) bond motifs is 1. The van der Waals surface area contributed by atoms with Crippen molar-refractivity contribution in [3.8, 4) is 0 Å². The van der Waals surface area contributed by atoms with E-state index in [1.165, 1.54) is 0 Å². The van der Waals surface area contributed by atoms with Crippen molar-refractivity contribution in [2.45, 2.75) is 19.8 Å². The fraction of sp³-hybridized carbons (Fsp3) is 0.389. The highest BCUT2D eigenvalue weighted by Crippen LogP contribution is 2.29. The van der Waals surface area contributed by atoms with Gasteiger partial charge in [0.2, 0.25) is 0 Å². The number of amides is 1. The number of rotatable bonds is 3. The standard InChI is InChI=1S/C18H20N4O2S/c1-12(2)13-3-9-24-15(13)18(23)22-7-5-21(6-8-22)17-16-14(4-10-25-16)19-11-20-17/h3-4,9-12H,5-8H2,1-2H3. The zero-order chi connectivity index (χ0) is 17.4. The molecular formula is C18H20N4O2S. The third-order valence-electron chi connectivity index (χ3n) is 4.60. The maximum atomic E-state index is 12.8. The number of piperazine rings is 1. The topological polar surface area (TPSA) is 62.5 Å². The number of carbonyl (C=O) groups is 1. The molecule has 130 valence electrons. The van der Waals surface area contributed by atoms with Crippen molar-refractivity contribution in [2.75, 3.05) is 31.1 Å². The maximum Gasteiger partial charge on any atom is 0.289 e. The summed E-state index contributed by atoms with van der Waals surface area (Å²) in [5, 5.41) is 2.03. The molecule has 4 rings (SSSR count). The normalized spacial score (nSPS) is 15.3. The van der Waals surface area contributed by atoms with Gasteiger partial charge in [-0.1, -0.05) is 13.8 Å². The highest BCUT2D eigenvalue weighted by Gasteiger charge is 2.27. The number of aromatic nitrogens is 2. The van der Waals surface area contributed by atoms with Gasteiger partial charge in [0.05, 0.1) is 16.5 Å². The van der Waals surface area contributed by atoms with Gasteiger partial charge in [0.1, 0.15) is 12.1 Å². The number of furan rings is 1. The molecule has 1 amide bonds. The lowest BCUT2D eigenvalue weighted by molar-refractivity contribution is 0.0712. The quantitative estimate of drug-likeness (QED) is 0.720. The maximum absolute atomic E-state index is 12.8. The van der Waals surface area contributed by atoms with Crippen LogP contribution in [0.5, 0.6) is 0 Å². The van der Waals surface area contributed by atoms with Gasteiger partial charge >= 0.3 is 0 Å². The van der Waals surface area contributed by atoms with Crippen LogP contribution >= 0.6 is 11.3 Å². The Morgan fingerprint density at radius 1 is 1.20 bits per heavy atom. The second-order valence-electron chi connectivity index (χ2n) is 6.47. The first kappa shape index (κ1) is 16.1. The van der Waals surface area contributed by atoms with Crippen LogP contribution < -0.4 is 4.90 Å². The van der Waals surface area contributed by atoms with E-state index in [0.29, 0.717) is 18.8 Å². The second-order valence-corrected chi connectivity index (χ2v) is 7.39. The van der Waals surface area contributed by atoms with Crippen LogP contribution in [0, 0.1) is 0 Å². The van der Waals surface area contributed by atoms with E-state index in [9.17, 15) is 4.79 Å². The smallest absolute Gasteiger partial charge is 0.289 e. The van der Waals surface area contributed by atoms with Gasteiger partial charge < -0.3 is 14.2 Å². The molecule has 3 aromatic rings. The minimum Gasteiger partial charge on any atom is -0.459 e. The zero-order valence-corrected chi connectivity index (χ0v) is 15.1. The summed E-state index contributed by atoms with van der Waals surface area (Å²) in [6.07, 6.45) is 3.22. The Bertz CT molecular complexity index is 893. The molecule has 0 saturated carbocycles. The van der Waals surface area contributed by atoms with Gasteiger partial charge in [-0.2, -0.15) is 0 Å². The van der Waals surface area contributed by atoms with E-state index in [0.717, 1.165) is 34.7 Å². The molecule has 3 aromatic heterocycles. The van der Waals surface area contributed by atoms with Crippen molar-refractivity contribution in [3.05, 3.63) is 41.4 Å². The van der Waals surface area contributed by atoms with Crippen LogP contribution in [0.2, 0.25) is 0 Å². The highest BCUT2D eigenvalue weighted by molar-refractivity contribution is 7.17. The molecule has 0 radical (unpaired) electrons. The Morgan fingerprint density at radius 3 is 2.76 bits per heavy atom. The van der Waals surface area contributed by atoms with E-state index in [4.69, 9.17) is 4.42 Å². The van der Waals surface area contributed by atoms with Crippen LogP contribution in [-0.2, 0) is 0 Å². The molecule has 0 spiro atoms. The van der Waals surface area contributed by atoms with Crippen molar-refractivity contribution in [2.24, 2.45) is 0 Å². The number of nitrogens with zero attached hydrogens (tertiary/aromatic N) is 4. The van der Waals surface area contributed by atoms with Crippen molar-refractivity contribution in [3.63, 3.8) is 0 Å². The number of anilines is 1. The van der Waals surface area contributed by atoms with Crippen LogP contribution in [0.3, 0.4) is 0 Å². The monoisotopic (exact) mass is 356 g/mol. The first-order valence-corrected chi connectivity index (χ1v) is 9.33. The molecule has 0 aliphatic carbocycles. The van der Waals surface area contributed by atoms with Gasteiger partial charge in [-0.05, 0) is 23.4 Å². The minimum atomic E-state index is -0.0164. The van der Waals surface area contributed by atoms with Crippen molar-refractivity contribution < 1.29 is 9.21 Å². The largest absolute Gasteiger partial charge is 0.459 e. The van der Waals surface area contributed by atoms with Crippen LogP contribution in [0.4, 0.5) is 5.82 Å². The Labute approximate surface area is 150 Å². The molecular weight excluding hydrogens is 336 g/mol. The van der Waals surface area contributed by atoms with Gasteiger partial charge in [-0.15, -0.1) is 11.3 Å². The zero-order valence-electron chi connectivity index (χ0n) is 14.3. The average Bonchev–Trinajstić information content (AvgIpc) is 3.30. The Morgan fingerprint density at radius 2 is 2.00 bits per heavy atom. The van der Waals surface area contributed by atoms with E-state index in [1.807, 2.05) is 22.4 Å². The van der Waals surface area contributed by atoms with Gasteiger partial charge in [0, 0.05) is 31.7 Å². The summed E-state index contributed by atoms with van der Waals surface area (Å²) in [6.45, 7) is 6.98. The fourth-order valence-corrected chi connectivity index (χ4v) is 4.08. The van der Waals surface area contributed by atoms with Crippen LogP contribution in [0.25, 0.3) is 10.2 Å². The minimum absolute atomic E-state index is 0.0164. The lowest BCUT2D eigenvalue weighted by atomic mass is 10.0. The highest BCUT2D eigenvalue weighted by atomic mass is 32.1. The summed E-state index contributed by atoms with van der Waals surface area (Å²) in [4.78, 5) is 25.7. The van der Waals surface area contributed by atoms with Gasteiger partial charge in [0.15, 0.2) is 5.76 Å². The molecule has 6 nitrogen and oxygen atoms in total. The molecule has 1 aliphatic heterocycles. The molecule has 1 aliphatic rings. The summed E-state index contributed by atoms with van der Waals surface area (Å²) in [5.74, 6) is 1.70. The summed E-state index contributed by atoms with van der Waals surface area (Å²) in [6, 6.07) is 3.90. The third-order valence-corrected chi connectivity index (χ3v) is 5.50. The molecule has 0 N–H and O–H groups in total. The van der Waals surface area contributed by atoms with Crippen molar-refractivity contribution in [1.29, 1.82) is 0 Å². The predicted molar refractivity (Wildman–Crippen MR) is 98.3 cm³/mol. The summed E-state index contributed by atoms with van der Waals surface area (Å²) < 4.78 is 6.58. The van der Waals surface area contributed by atoms with E-state index in [-0.39, 0.29) is 11.8 Å². The van der Waals surface area contributed by atoms with E-state index >= 15 is 0 Å². The predicted octanol–water partition coefficient (Wildman–Crippen LogP) is 3.37. The molecule has 0 bridgehead atoms. The Balaban J connectivity index is 1.49. The molecule has 4 heterocycles. The average molecular weight is 356 g/mol. The lowest BCUT2D eigenvalue weighted by Crippen LogP contribution is -2.49. The van der Waals surface area contributed by atoms with Gasteiger partial charge in [0.25, 0.3) is 5.91 Å². The number of hydrogen-bond donors (Lipinski definition) is 0. The first-order chi connectivity index (χ1) is 12.1. The molecule has 1 fully saturated rings. The van der Waals surface area contributed by atoms with E-state index in [1.54, 1.807) is 23.9 Å². The van der Waals surface area contributed by atoms with Crippen molar-refractivity contribution in [1.82, 2.24) is 14.9 Å². The van der Waals surface area contributed by atoms with Crippen LogP contribution in [0.15, 0.2) is 34.5 Å². The second kappa shape index (κ2) is 6.48.